The molecule has 0 saturated carbocycles. The topological polar surface area (TPSA) is 38.7 Å². The van der Waals surface area contributed by atoms with Crippen molar-refractivity contribution in [1.82, 2.24) is 15.0 Å². The molecule has 0 radical (unpaired) electrons. The van der Waals surface area contributed by atoms with E-state index in [1.807, 2.05) is 30.5 Å². The molecule has 0 N–H and O–H groups in total. The molecule has 9 aromatic rings. The third-order valence-electron chi connectivity index (χ3n) is 11.4. The Morgan fingerprint density at radius 3 is 1.45 bits per heavy atom. The highest BCUT2D eigenvalue weighted by atomic mass is 14.9. The Morgan fingerprint density at radius 2 is 0.782 bits per heavy atom. The van der Waals surface area contributed by atoms with E-state index < -0.39 is 0 Å². The number of pyridine rings is 1. The van der Waals surface area contributed by atoms with E-state index in [0.29, 0.717) is 5.82 Å². The van der Waals surface area contributed by atoms with Gasteiger partial charge in [0.05, 0.1) is 22.5 Å². The lowest BCUT2D eigenvalue weighted by atomic mass is 9.70. The Morgan fingerprint density at radius 1 is 0.291 bits per heavy atom. The Labute approximate surface area is 320 Å². The first-order valence-corrected chi connectivity index (χ1v) is 18.8. The lowest BCUT2D eigenvalue weighted by Crippen LogP contribution is -2.25. The molecule has 0 atom stereocenters. The van der Waals surface area contributed by atoms with Crippen LogP contribution in [-0.2, 0) is 5.41 Å². The molecular formula is C52H33N3. The number of hydrogen-bond donors (Lipinski definition) is 0. The van der Waals surface area contributed by atoms with Gasteiger partial charge in [-0.15, -0.1) is 0 Å². The summed E-state index contributed by atoms with van der Waals surface area (Å²) >= 11 is 0. The number of rotatable bonds is 5. The molecule has 3 nitrogen and oxygen atoms in total. The van der Waals surface area contributed by atoms with Crippen LogP contribution in [0.2, 0.25) is 0 Å². The van der Waals surface area contributed by atoms with Gasteiger partial charge < -0.3 is 0 Å². The van der Waals surface area contributed by atoms with Gasteiger partial charge in [0.15, 0.2) is 5.82 Å². The summed E-state index contributed by atoms with van der Waals surface area (Å²) in [4.78, 5) is 14.9. The molecule has 1 spiro atoms. The summed E-state index contributed by atoms with van der Waals surface area (Å²) in [5.74, 6) is 0.677. The molecule has 0 amide bonds. The Bertz CT molecular complexity index is 2890. The van der Waals surface area contributed by atoms with Crippen LogP contribution in [0.4, 0.5) is 0 Å². The van der Waals surface area contributed by atoms with E-state index in [9.17, 15) is 0 Å². The Hall–Kier alpha value is -7.23. The third kappa shape index (κ3) is 4.87. The van der Waals surface area contributed by atoms with Crippen LogP contribution in [0, 0.1) is 0 Å². The quantitative estimate of drug-likeness (QED) is 0.179. The number of fused-ring (bicyclic) bond motifs is 10. The average molecular weight is 700 g/mol. The fourth-order valence-electron chi connectivity index (χ4n) is 8.97. The summed E-state index contributed by atoms with van der Waals surface area (Å²) < 4.78 is 0. The van der Waals surface area contributed by atoms with Crippen LogP contribution in [0.3, 0.4) is 0 Å². The van der Waals surface area contributed by atoms with Crippen molar-refractivity contribution in [3.05, 3.63) is 223 Å². The van der Waals surface area contributed by atoms with Crippen LogP contribution in [-0.4, -0.2) is 15.0 Å². The zero-order valence-electron chi connectivity index (χ0n) is 29.9. The second kappa shape index (κ2) is 12.4. The van der Waals surface area contributed by atoms with E-state index in [-0.39, 0.29) is 5.41 Å². The molecular weight excluding hydrogens is 667 g/mol. The van der Waals surface area contributed by atoms with Crippen molar-refractivity contribution in [2.45, 2.75) is 5.41 Å². The first-order chi connectivity index (χ1) is 27.3. The predicted molar refractivity (Wildman–Crippen MR) is 223 cm³/mol. The molecule has 0 bridgehead atoms. The van der Waals surface area contributed by atoms with E-state index in [4.69, 9.17) is 9.97 Å². The normalized spacial score (nSPS) is 12.9. The van der Waals surface area contributed by atoms with E-state index in [2.05, 4.69) is 175 Å². The zero-order chi connectivity index (χ0) is 36.3. The van der Waals surface area contributed by atoms with Gasteiger partial charge in [0.1, 0.15) is 0 Å². The predicted octanol–water partition coefficient (Wildman–Crippen LogP) is 12.6. The van der Waals surface area contributed by atoms with Gasteiger partial charge in [0.2, 0.25) is 0 Å². The summed E-state index contributed by atoms with van der Waals surface area (Å²) in [6, 6.07) is 69.5. The van der Waals surface area contributed by atoms with E-state index in [1.54, 1.807) is 0 Å². The lowest BCUT2D eigenvalue weighted by Gasteiger charge is -2.30. The van der Waals surface area contributed by atoms with Gasteiger partial charge in [-0.1, -0.05) is 158 Å². The minimum atomic E-state index is -0.349. The van der Waals surface area contributed by atoms with Crippen LogP contribution in [0.25, 0.3) is 78.5 Å². The summed E-state index contributed by atoms with van der Waals surface area (Å²) in [5.41, 5.74) is 19.3. The second-order valence-corrected chi connectivity index (χ2v) is 14.4. The summed E-state index contributed by atoms with van der Waals surface area (Å²) in [5, 5.41) is 0. The van der Waals surface area contributed by atoms with E-state index >= 15 is 0 Å². The highest BCUT2D eigenvalue weighted by Gasteiger charge is 2.51. The maximum absolute atomic E-state index is 5.22. The maximum atomic E-state index is 5.22. The number of aromatic nitrogens is 3. The van der Waals surface area contributed by atoms with Crippen molar-refractivity contribution in [2.24, 2.45) is 0 Å². The molecule has 0 aliphatic heterocycles. The molecule has 55 heavy (non-hydrogen) atoms. The summed E-state index contributed by atoms with van der Waals surface area (Å²) in [6.45, 7) is 0. The Kier molecular flexibility index (Phi) is 7.08. The first kappa shape index (κ1) is 31.3. The standard InChI is InChI=1S/C52H33N3/c1-2-14-34(15-3-1)49-33-50(55-51(54-49)39-19-13-17-37(31-39)48-26-10-11-29-53-48)38-18-12-16-35(30-38)36-27-28-47-43(32-36)42-22-6-9-25-46(42)52(47)44-23-7-4-20-40(44)41-21-5-8-24-45(41)52/h1-33H. The van der Waals surface area contributed by atoms with Gasteiger partial charge in [0.25, 0.3) is 0 Å². The summed E-state index contributed by atoms with van der Waals surface area (Å²) in [7, 11) is 0. The van der Waals surface area contributed by atoms with Crippen molar-refractivity contribution in [2.75, 3.05) is 0 Å². The molecule has 2 heterocycles. The highest BCUT2D eigenvalue weighted by Crippen LogP contribution is 2.62. The first-order valence-electron chi connectivity index (χ1n) is 18.8. The van der Waals surface area contributed by atoms with Gasteiger partial charge in [-0.3, -0.25) is 4.98 Å². The van der Waals surface area contributed by atoms with Crippen molar-refractivity contribution < 1.29 is 0 Å². The minimum absolute atomic E-state index is 0.349. The zero-order valence-corrected chi connectivity index (χ0v) is 29.9. The number of nitrogens with zero attached hydrogens (tertiary/aromatic N) is 3. The maximum Gasteiger partial charge on any atom is 0.160 e. The van der Waals surface area contributed by atoms with Crippen LogP contribution in [0.5, 0.6) is 0 Å². The monoisotopic (exact) mass is 699 g/mol. The molecule has 2 aliphatic rings. The van der Waals surface area contributed by atoms with Crippen LogP contribution >= 0.6 is 0 Å². The van der Waals surface area contributed by atoms with Gasteiger partial charge in [0, 0.05) is 28.5 Å². The third-order valence-corrected chi connectivity index (χ3v) is 11.4. The molecule has 11 rings (SSSR count). The molecule has 3 heteroatoms. The van der Waals surface area contributed by atoms with Crippen LogP contribution in [0.15, 0.2) is 200 Å². The van der Waals surface area contributed by atoms with Gasteiger partial charge in [-0.25, -0.2) is 9.97 Å². The second-order valence-electron chi connectivity index (χ2n) is 14.4. The fraction of sp³-hybridized carbons (Fsp3) is 0.0192. The summed E-state index contributed by atoms with van der Waals surface area (Å²) in [6.07, 6.45) is 1.82. The number of hydrogen-bond acceptors (Lipinski definition) is 3. The largest absolute Gasteiger partial charge is 0.256 e. The highest BCUT2D eigenvalue weighted by molar-refractivity contribution is 5.96. The van der Waals surface area contributed by atoms with Crippen LogP contribution in [0.1, 0.15) is 22.3 Å². The molecule has 0 unspecified atom stereocenters. The van der Waals surface area contributed by atoms with E-state index in [0.717, 1.165) is 44.9 Å². The smallest absolute Gasteiger partial charge is 0.160 e. The fourth-order valence-corrected chi connectivity index (χ4v) is 8.97. The van der Waals surface area contributed by atoms with Gasteiger partial charge in [-0.2, -0.15) is 0 Å². The molecule has 0 saturated heterocycles. The molecule has 7 aromatic carbocycles. The van der Waals surface area contributed by atoms with Gasteiger partial charge in [-0.05, 0) is 92.0 Å². The van der Waals surface area contributed by atoms with Gasteiger partial charge >= 0.3 is 0 Å². The molecule has 0 fully saturated rings. The SMILES string of the molecule is c1ccc(-c2cc(-c3cccc(-c4ccc5c(c4)-c4ccccc4C54c5ccccc5-c5ccccc54)c3)nc(-c3cccc(-c4ccccn4)c3)n2)cc1. The van der Waals surface area contributed by atoms with Crippen molar-refractivity contribution >= 4 is 0 Å². The Balaban J connectivity index is 1.05. The minimum Gasteiger partial charge on any atom is -0.256 e. The molecule has 256 valence electrons. The van der Waals surface area contributed by atoms with Crippen molar-refractivity contribution in [3.8, 4) is 78.5 Å². The van der Waals surface area contributed by atoms with Crippen molar-refractivity contribution in [1.29, 1.82) is 0 Å². The lowest BCUT2D eigenvalue weighted by molar-refractivity contribution is 0.794. The molecule has 2 aromatic heterocycles. The van der Waals surface area contributed by atoms with Crippen LogP contribution < -0.4 is 0 Å². The molecule has 2 aliphatic carbocycles. The van der Waals surface area contributed by atoms with Crippen molar-refractivity contribution in [3.63, 3.8) is 0 Å². The number of benzene rings is 7. The average Bonchev–Trinajstić information content (AvgIpc) is 3.74. The van der Waals surface area contributed by atoms with E-state index in [1.165, 1.54) is 50.1 Å².